The zero-order valence-electron chi connectivity index (χ0n) is 10.2. The molecule has 1 nitrogen and oxygen atoms in total. The fourth-order valence-electron chi connectivity index (χ4n) is 5.21. The van der Waals surface area contributed by atoms with Gasteiger partial charge in [-0.3, -0.25) is 0 Å². The molecular formula is C14H22O. The molecule has 0 aromatic heterocycles. The van der Waals surface area contributed by atoms with Gasteiger partial charge in [0.25, 0.3) is 0 Å². The highest BCUT2D eigenvalue weighted by molar-refractivity contribution is 5.75. The molecule has 4 rings (SSSR count). The Labute approximate surface area is 92.6 Å². The van der Waals surface area contributed by atoms with Crippen molar-refractivity contribution in [2.45, 2.75) is 52.9 Å². The second-order valence-electron chi connectivity index (χ2n) is 6.64. The zero-order valence-corrected chi connectivity index (χ0v) is 10.2. The van der Waals surface area contributed by atoms with E-state index in [-0.39, 0.29) is 0 Å². The van der Waals surface area contributed by atoms with E-state index in [0.717, 1.165) is 30.6 Å². The molecule has 4 aliphatic carbocycles. The maximum atomic E-state index is 11.0. The zero-order chi connectivity index (χ0) is 10.8. The Hall–Kier alpha value is -0.330. The van der Waals surface area contributed by atoms with Gasteiger partial charge >= 0.3 is 0 Å². The highest BCUT2D eigenvalue weighted by atomic mass is 16.1. The lowest BCUT2D eigenvalue weighted by Gasteiger charge is -2.34. The van der Waals surface area contributed by atoms with E-state index < -0.39 is 0 Å². The van der Waals surface area contributed by atoms with Gasteiger partial charge in [0.1, 0.15) is 5.78 Å². The Bertz CT molecular complexity index is 307. The van der Waals surface area contributed by atoms with Gasteiger partial charge in [-0.2, -0.15) is 0 Å². The van der Waals surface area contributed by atoms with Gasteiger partial charge in [-0.05, 0) is 61.2 Å². The molecule has 84 valence electrons. The van der Waals surface area contributed by atoms with E-state index in [1.807, 2.05) is 0 Å². The van der Waals surface area contributed by atoms with Crippen LogP contribution in [0, 0.1) is 28.6 Å². The maximum absolute atomic E-state index is 11.0. The summed E-state index contributed by atoms with van der Waals surface area (Å²) >= 11 is 0. The summed E-state index contributed by atoms with van der Waals surface area (Å²) in [6.45, 7) is 6.74. The van der Waals surface area contributed by atoms with Gasteiger partial charge in [0.05, 0.1) is 0 Å². The maximum Gasteiger partial charge on any atom is 0.129 e. The van der Waals surface area contributed by atoms with Gasteiger partial charge in [-0.25, -0.2) is 0 Å². The summed E-state index contributed by atoms with van der Waals surface area (Å²) in [7, 11) is 0. The minimum atomic E-state index is 0.362. The molecule has 4 bridgehead atoms. The first-order valence-electron chi connectivity index (χ1n) is 6.49. The van der Waals surface area contributed by atoms with Gasteiger partial charge in [-0.15, -0.1) is 0 Å². The second-order valence-corrected chi connectivity index (χ2v) is 6.64. The van der Waals surface area contributed by atoms with E-state index in [0.29, 0.717) is 16.6 Å². The average molecular weight is 206 g/mol. The largest absolute Gasteiger partial charge is 0.300 e. The standard InChI is InChI=1S/C14H22O/c1-9(15)5-4-6-13(2)10-7-11-12(8-10)14(11,13)3/h10-12H,4-8H2,1-3H3. The van der Waals surface area contributed by atoms with Crippen LogP contribution in [-0.2, 0) is 4.79 Å². The first-order chi connectivity index (χ1) is 7.00. The summed E-state index contributed by atoms with van der Waals surface area (Å²) in [6, 6.07) is 0. The summed E-state index contributed by atoms with van der Waals surface area (Å²) in [5.41, 5.74) is 1.26. The highest BCUT2D eigenvalue weighted by Crippen LogP contribution is 2.87. The molecule has 0 aromatic rings. The van der Waals surface area contributed by atoms with E-state index in [4.69, 9.17) is 0 Å². The van der Waals surface area contributed by atoms with Crippen LogP contribution in [0.1, 0.15) is 52.9 Å². The molecule has 0 radical (unpaired) electrons. The topological polar surface area (TPSA) is 17.1 Å². The van der Waals surface area contributed by atoms with Crippen molar-refractivity contribution in [3.8, 4) is 0 Å². The van der Waals surface area contributed by atoms with Crippen molar-refractivity contribution < 1.29 is 4.79 Å². The van der Waals surface area contributed by atoms with E-state index in [9.17, 15) is 4.79 Å². The predicted octanol–water partition coefficient (Wildman–Crippen LogP) is 3.43. The molecule has 3 unspecified atom stereocenters. The molecule has 0 saturated heterocycles. The van der Waals surface area contributed by atoms with Crippen LogP contribution < -0.4 is 0 Å². The molecule has 4 fully saturated rings. The predicted molar refractivity (Wildman–Crippen MR) is 60.5 cm³/mol. The van der Waals surface area contributed by atoms with Gasteiger partial charge in [0.15, 0.2) is 0 Å². The van der Waals surface area contributed by atoms with Crippen molar-refractivity contribution in [1.29, 1.82) is 0 Å². The van der Waals surface area contributed by atoms with E-state index >= 15 is 0 Å². The molecule has 0 amide bonds. The molecular weight excluding hydrogens is 184 g/mol. The van der Waals surface area contributed by atoms with Crippen molar-refractivity contribution >= 4 is 5.78 Å². The molecule has 15 heavy (non-hydrogen) atoms. The van der Waals surface area contributed by atoms with Crippen LogP contribution in [0.4, 0.5) is 0 Å². The number of ketones is 1. The lowest BCUT2D eigenvalue weighted by molar-refractivity contribution is -0.117. The molecule has 0 N–H and O–H groups in total. The Morgan fingerprint density at radius 1 is 1.27 bits per heavy atom. The van der Waals surface area contributed by atoms with Crippen LogP contribution in [0.5, 0.6) is 0 Å². The SMILES string of the molecule is CC(=O)CCCC1(C)C2CC3C(C2)C31C. The number of rotatable bonds is 4. The molecule has 0 aliphatic heterocycles. The van der Waals surface area contributed by atoms with Crippen molar-refractivity contribution in [1.82, 2.24) is 0 Å². The van der Waals surface area contributed by atoms with E-state index in [1.165, 1.54) is 19.3 Å². The fraction of sp³-hybridized carbons (Fsp3) is 0.929. The summed E-state index contributed by atoms with van der Waals surface area (Å²) in [5.74, 6) is 3.47. The lowest BCUT2D eigenvalue weighted by atomic mass is 9.70. The average Bonchev–Trinajstić information content (AvgIpc) is 2.53. The summed E-state index contributed by atoms with van der Waals surface area (Å²) in [5, 5.41) is 0. The molecule has 0 heterocycles. The van der Waals surface area contributed by atoms with Crippen molar-refractivity contribution in [2.75, 3.05) is 0 Å². The van der Waals surface area contributed by atoms with Crippen molar-refractivity contribution in [3.63, 3.8) is 0 Å². The second kappa shape index (κ2) is 2.67. The third-order valence-corrected chi connectivity index (χ3v) is 6.35. The molecule has 0 aromatic carbocycles. The summed E-state index contributed by atoms with van der Waals surface area (Å²) < 4.78 is 0. The van der Waals surface area contributed by atoms with Crippen LogP contribution >= 0.6 is 0 Å². The van der Waals surface area contributed by atoms with Gasteiger partial charge in [0.2, 0.25) is 0 Å². The Kier molecular flexibility index (Phi) is 1.76. The van der Waals surface area contributed by atoms with E-state index in [2.05, 4.69) is 13.8 Å². The molecule has 3 atom stereocenters. The molecule has 4 aliphatic rings. The van der Waals surface area contributed by atoms with Gasteiger partial charge < -0.3 is 4.79 Å². The number of carbonyl (C=O) groups is 1. The number of Topliss-reactive ketones (excluding diaryl/α,β-unsaturated/α-hetero) is 1. The Morgan fingerprint density at radius 3 is 2.27 bits per heavy atom. The normalized spacial score (nSPS) is 54.7. The van der Waals surface area contributed by atoms with Gasteiger partial charge in [0, 0.05) is 6.42 Å². The first kappa shape index (κ1) is 9.86. The van der Waals surface area contributed by atoms with Gasteiger partial charge in [-0.1, -0.05) is 13.8 Å². The number of carbonyl (C=O) groups excluding carboxylic acids is 1. The first-order valence-corrected chi connectivity index (χ1v) is 6.49. The molecule has 1 heteroatoms. The Morgan fingerprint density at radius 2 is 1.87 bits per heavy atom. The quantitative estimate of drug-likeness (QED) is 0.688. The Balaban J connectivity index is 1.68. The smallest absolute Gasteiger partial charge is 0.129 e. The third kappa shape index (κ3) is 0.976. The molecule has 0 spiro atoms. The van der Waals surface area contributed by atoms with Crippen LogP contribution in [0.2, 0.25) is 0 Å². The van der Waals surface area contributed by atoms with Crippen LogP contribution in [0.3, 0.4) is 0 Å². The number of hydrogen-bond donors (Lipinski definition) is 0. The van der Waals surface area contributed by atoms with Crippen LogP contribution in [0.25, 0.3) is 0 Å². The highest BCUT2D eigenvalue weighted by Gasteiger charge is 2.80. The minimum Gasteiger partial charge on any atom is -0.300 e. The molecule has 4 saturated carbocycles. The van der Waals surface area contributed by atoms with Crippen molar-refractivity contribution in [3.05, 3.63) is 0 Å². The summed E-state index contributed by atoms with van der Waals surface area (Å²) in [4.78, 5) is 11.0. The monoisotopic (exact) mass is 206 g/mol. The minimum absolute atomic E-state index is 0.362. The lowest BCUT2D eigenvalue weighted by Crippen LogP contribution is -2.27. The number of hydrogen-bond acceptors (Lipinski definition) is 1. The third-order valence-electron chi connectivity index (χ3n) is 6.35. The summed E-state index contributed by atoms with van der Waals surface area (Å²) in [6.07, 6.45) is 6.21. The fourth-order valence-corrected chi connectivity index (χ4v) is 5.21. The van der Waals surface area contributed by atoms with Crippen LogP contribution in [-0.4, -0.2) is 5.78 Å². The van der Waals surface area contributed by atoms with Crippen LogP contribution in [0.15, 0.2) is 0 Å². The van der Waals surface area contributed by atoms with Crippen molar-refractivity contribution in [2.24, 2.45) is 28.6 Å². The van der Waals surface area contributed by atoms with E-state index in [1.54, 1.807) is 6.92 Å².